The van der Waals surface area contributed by atoms with Crippen LogP contribution in [0.15, 0.2) is 0 Å². The maximum absolute atomic E-state index is 11.5. The number of carbonyl (C=O) groups is 1. The molecule has 0 radical (unpaired) electrons. The molecule has 0 spiro atoms. The van der Waals surface area contributed by atoms with Crippen molar-refractivity contribution in [3.8, 4) is 0 Å². The molecule has 14 heavy (non-hydrogen) atoms. The van der Waals surface area contributed by atoms with Crippen LogP contribution >= 0.6 is 0 Å². The van der Waals surface area contributed by atoms with E-state index in [4.69, 9.17) is 5.11 Å². The minimum absolute atomic E-state index is 0.182. The van der Waals surface area contributed by atoms with Gasteiger partial charge in [-0.25, -0.2) is 0 Å². The van der Waals surface area contributed by atoms with Crippen LogP contribution in [-0.2, 0) is 9.53 Å². The molecule has 0 rings (SSSR count). The lowest BCUT2D eigenvalue weighted by Gasteiger charge is -2.20. The maximum atomic E-state index is 11.5. The van der Waals surface area contributed by atoms with Crippen LogP contribution in [-0.4, -0.2) is 36.1 Å². The van der Waals surface area contributed by atoms with Crippen molar-refractivity contribution in [3.05, 3.63) is 0 Å². The van der Waals surface area contributed by atoms with Crippen LogP contribution in [0, 0.1) is 0 Å². The number of ether oxygens (including phenoxy) is 1. The second-order valence-corrected chi connectivity index (χ2v) is 3.15. The number of halogens is 3. The van der Waals surface area contributed by atoms with Gasteiger partial charge in [0.1, 0.15) is 5.54 Å². The normalized spacial score (nSPS) is 12.9. The Morgan fingerprint density at radius 3 is 2.29 bits per heavy atom. The number of nitrogens with one attached hydrogen (secondary N) is 1. The summed E-state index contributed by atoms with van der Waals surface area (Å²) in [6.45, 7) is 1.91. The number of carboxylic acid groups (broad SMARTS) is 1. The second-order valence-electron chi connectivity index (χ2n) is 3.15. The molecule has 2 N–H and O–H groups in total. The zero-order valence-corrected chi connectivity index (χ0v) is 7.81. The molecule has 0 unspecified atom stereocenters. The number of carboxylic acids is 1. The molecule has 0 aromatic heterocycles. The fraction of sp³-hybridized carbons (Fsp3) is 0.857. The van der Waals surface area contributed by atoms with Gasteiger partial charge in [0, 0.05) is 6.54 Å². The molecule has 0 aromatic rings. The molecule has 0 aromatic carbocycles. The first-order valence-electron chi connectivity index (χ1n) is 3.84. The van der Waals surface area contributed by atoms with Gasteiger partial charge >= 0.3 is 12.3 Å². The first kappa shape index (κ1) is 13.2. The molecular weight excluding hydrogens is 203 g/mol. The second kappa shape index (κ2) is 4.61. The van der Waals surface area contributed by atoms with Crippen LogP contribution in [0.3, 0.4) is 0 Å². The Balaban J connectivity index is 3.70. The zero-order chi connectivity index (χ0) is 11.4. The van der Waals surface area contributed by atoms with Gasteiger partial charge in [0.15, 0.2) is 0 Å². The van der Waals surface area contributed by atoms with Crippen molar-refractivity contribution in [1.29, 1.82) is 0 Å². The van der Waals surface area contributed by atoms with Crippen molar-refractivity contribution in [2.75, 3.05) is 13.2 Å². The largest absolute Gasteiger partial charge is 0.522 e. The van der Waals surface area contributed by atoms with Crippen molar-refractivity contribution in [1.82, 2.24) is 5.32 Å². The van der Waals surface area contributed by atoms with Crippen molar-refractivity contribution < 1.29 is 27.8 Å². The number of hydrogen-bond donors (Lipinski definition) is 2. The predicted molar refractivity (Wildman–Crippen MR) is 41.7 cm³/mol. The Kier molecular flexibility index (Phi) is 4.34. The topological polar surface area (TPSA) is 58.6 Å². The molecule has 0 atom stereocenters. The van der Waals surface area contributed by atoms with Crippen molar-refractivity contribution in [3.63, 3.8) is 0 Å². The van der Waals surface area contributed by atoms with E-state index in [1.807, 2.05) is 0 Å². The summed E-state index contributed by atoms with van der Waals surface area (Å²) in [5.74, 6) is -1.13. The van der Waals surface area contributed by atoms with Crippen LogP contribution in [0.5, 0.6) is 0 Å². The third-order valence-corrected chi connectivity index (χ3v) is 1.47. The summed E-state index contributed by atoms with van der Waals surface area (Å²) < 4.78 is 37.9. The van der Waals surface area contributed by atoms with E-state index < -0.39 is 24.5 Å². The Morgan fingerprint density at radius 1 is 1.43 bits per heavy atom. The van der Waals surface area contributed by atoms with E-state index in [2.05, 4.69) is 10.1 Å². The summed E-state index contributed by atoms with van der Waals surface area (Å²) in [5, 5.41) is 11.0. The predicted octanol–water partition coefficient (Wildman–Crippen LogP) is 0.976. The smallest absolute Gasteiger partial charge is 0.480 e. The number of aliphatic carboxylic acids is 1. The highest BCUT2D eigenvalue weighted by molar-refractivity contribution is 5.77. The molecule has 0 saturated heterocycles. The van der Waals surface area contributed by atoms with E-state index in [0.29, 0.717) is 0 Å². The summed E-state index contributed by atoms with van der Waals surface area (Å²) in [5.41, 5.74) is -1.26. The third kappa shape index (κ3) is 5.76. The van der Waals surface area contributed by atoms with Gasteiger partial charge in [-0.2, -0.15) is 0 Å². The molecule has 0 aliphatic rings. The van der Waals surface area contributed by atoms with Crippen molar-refractivity contribution in [2.45, 2.75) is 25.7 Å². The SMILES string of the molecule is CC(C)(NCCOC(F)(F)F)C(=O)O. The van der Waals surface area contributed by atoms with E-state index >= 15 is 0 Å². The van der Waals surface area contributed by atoms with Gasteiger partial charge in [0.2, 0.25) is 0 Å². The number of rotatable bonds is 5. The van der Waals surface area contributed by atoms with Crippen LogP contribution in [0.4, 0.5) is 13.2 Å². The van der Waals surface area contributed by atoms with Gasteiger partial charge in [-0.1, -0.05) is 0 Å². The minimum atomic E-state index is -4.67. The van der Waals surface area contributed by atoms with Gasteiger partial charge in [0.25, 0.3) is 0 Å². The molecule has 0 saturated carbocycles. The van der Waals surface area contributed by atoms with Crippen LogP contribution in [0.2, 0.25) is 0 Å². The van der Waals surface area contributed by atoms with Crippen LogP contribution < -0.4 is 5.32 Å². The highest BCUT2D eigenvalue weighted by Gasteiger charge is 2.30. The van der Waals surface area contributed by atoms with E-state index in [1.165, 1.54) is 13.8 Å². The van der Waals surface area contributed by atoms with Gasteiger partial charge < -0.3 is 10.4 Å². The molecule has 0 aliphatic carbocycles. The summed E-state index contributed by atoms with van der Waals surface area (Å²) >= 11 is 0. The average molecular weight is 215 g/mol. The highest BCUT2D eigenvalue weighted by Crippen LogP contribution is 2.15. The lowest BCUT2D eigenvalue weighted by molar-refractivity contribution is -0.323. The summed E-state index contributed by atoms with van der Waals surface area (Å²) in [6, 6.07) is 0. The Bertz CT molecular complexity index is 203. The first-order valence-corrected chi connectivity index (χ1v) is 3.84. The third-order valence-electron chi connectivity index (χ3n) is 1.47. The van der Waals surface area contributed by atoms with Gasteiger partial charge in [-0.05, 0) is 13.8 Å². The minimum Gasteiger partial charge on any atom is -0.480 e. The molecule has 0 heterocycles. The number of alkyl halides is 3. The molecule has 0 fully saturated rings. The van der Waals surface area contributed by atoms with Crippen molar-refractivity contribution >= 4 is 5.97 Å². The summed E-state index contributed by atoms with van der Waals surface area (Å²) in [4.78, 5) is 10.5. The fourth-order valence-electron chi connectivity index (χ4n) is 0.606. The molecule has 0 aliphatic heterocycles. The van der Waals surface area contributed by atoms with Crippen LogP contribution in [0.1, 0.15) is 13.8 Å². The van der Waals surface area contributed by atoms with E-state index in [-0.39, 0.29) is 6.54 Å². The lowest BCUT2D eigenvalue weighted by Crippen LogP contribution is -2.48. The standard InChI is InChI=1S/C7H12F3NO3/c1-6(2,5(12)13)11-3-4-14-7(8,9)10/h11H,3-4H2,1-2H3,(H,12,13). The molecule has 0 amide bonds. The monoisotopic (exact) mass is 215 g/mol. The van der Waals surface area contributed by atoms with Gasteiger partial charge in [-0.15, -0.1) is 13.2 Å². The average Bonchev–Trinajstić information content (AvgIpc) is 1.96. The molecule has 7 heteroatoms. The molecule has 84 valence electrons. The first-order chi connectivity index (χ1) is 6.15. The highest BCUT2D eigenvalue weighted by atomic mass is 19.4. The quantitative estimate of drug-likeness (QED) is 0.671. The van der Waals surface area contributed by atoms with E-state index in [9.17, 15) is 18.0 Å². The van der Waals surface area contributed by atoms with E-state index in [0.717, 1.165) is 0 Å². The molecule has 0 bridgehead atoms. The Morgan fingerprint density at radius 2 is 1.93 bits per heavy atom. The Hall–Kier alpha value is -0.820. The van der Waals surface area contributed by atoms with Gasteiger partial charge in [0.05, 0.1) is 6.61 Å². The molecule has 4 nitrogen and oxygen atoms in total. The van der Waals surface area contributed by atoms with Crippen LogP contribution in [0.25, 0.3) is 0 Å². The fourth-order valence-corrected chi connectivity index (χ4v) is 0.606. The van der Waals surface area contributed by atoms with E-state index in [1.54, 1.807) is 0 Å². The maximum Gasteiger partial charge on any atom is 0.522 e. The zero-order valence-electron chi connectivity index (χ0n) is 7.81. The summed E-state index contributed by atoms with van der Waals surface area (Å²) in [6.07, 6.45) is -4.67. The molecular formula is C7H12F3NO3. The lowest BCUT2D eigenvalue weighted by atomic mass is 10.1. The summed E-state index contributed by atoms with van der Waals surface area (Å²) in [7, 11) is 0. The number of hydrogen-bond acceptors (Lipinski definition) is 3. The Labute approximate surface area is 79.0 Å². The van der Waals surface area contributed by atoms with Crippen molar-refractivity contribution in [2.24, 2.45) is 0 Å². The van der Waals surface area contributed by atoms with Gasteiger partial charge in [-0.3, -0.25) is 9.53 Å².